The predicted octanol–water partition coefficient (Wildman–Crippen LogP) is 2.63. The van der Waals surface area contributed by atoms with Crippen molar-refractivity contribution in [1.29, 1.82) is 0 Å². The average molecular weight is 199 g/mol. The highest BCUT2D eigenvalue weighted by Crippen LogP contribution is 2.30. The lowest BCUT2D eigenvalue weighted by Crippen LogP contribution is -1.85. The van der Waals surface area contributed by atoms with Gasteiger partial charge in [-0.1, -0.05) is 0 Å². The molecule has 0 saturated carbocycles. The first-order valence-electron chi connectivity index (χ1n) is 3.78. The lowest BCUT2D eigenvalue weighted by atomic mass is 10.2. The molecule has 2 rings (SSSR count). The van der Waals surface area contributed by atoms with Crippen LogP contribution in [-0.4, -0.2) is 10.4 Å². The van der Waals surface area contributed by atoms with E-state index in [4.69, 9.17) is 16.0 Å². The Labute approximate surface area is 79.5 Å². The van der Waals surface area contributed by atoms with Crippen LogP contribution in [0.1, 0.15) is 18.1 Å². The highest BCUT2D eigenvalue weighted by Gasteiger charge is 2.15. The van der Waals surface area contributed by atoms with Crippen molar-refractivity contribution in [2.24, 2.45) is 0 Å². The number of nitrogens with zero attached hydrogens (tertiary/aromatic N) is 2. The van der Waals surface area contributed by atoms with E-state index in [0.29, 0.717) is 11.5 Å². The fourth-order valence-electron chi connectivity index (χ4n) is 1.12. The van der Waals surface area contributed by atoms with Crippen molar-refractivity contribution in [2.45, 2.75) is 12.3 Å². The molecule has 5 heteroatoms. The van der Waals surface area contributed by atoms with Crippen molar-refractivity contribution in [2.75, 3.05) is 0 Å². The van der Waals surface area contributed by atoms with E-state index in [1.165, 1.54) is 6.26 Å². The quantitative estimate of drug-likeness (QED) is 0.696. The van der Waals surface area contributed by atoms with Crippen LogP contribution < -0.4 is 0 Å². The van der Waals surface area contributed by atoms with Crippen molar-refractivity contribution < 1.29 is 8.94 Å². The number of hydrogen-bond acceptors (Lipinski definition) is 4. The number of rotatable bonds is 2. The standard InChI is InChI=1S/C8H7ClN2O2/c1-5(9)8-6(2-3-12-8)7-4-13-11-10-7/h2-5H,1H3. The van der Waals surface area contributed by atoms with Gasteiger partial charge in [-0.2, -0.15) is 0 Å². The van der Waals surface area contributed by atoms with Crippen LogP contribution in [0.25, 0.3) is 11.3 Å². The second-order valence-electron chi connectivity index (χ2n) is 2.60. The minimum atomic E-state index is -0.193. The molecule has 0 amide bonds. The van der Waals surface area contributed by atoms with E-state index in [0.717, 1.165) is 5.56 Å². The molecular weight excluding hydrogens is 192 g/mol. The highest BCUT2D eigenvalue weighted by atomic mass is 35.5. The minimum absolute atomic E-state index is 0.193. The number of alkyl halides is 1. The number of halogens is 1. The van der Waals surface area contributed by atoms with Gasteiger partial charge in [-0.05, 0) is 13.0 Å². The van der Waals surface area contributed by atoms with Gasteiger partial charge in [0.25, 0.3) is 0 Å². The third-order valence-electron chi connectivity index (χ3n) is 1.69. The summed E-state index contributed by atoms with van der Waals surface area (Å²) < 4.78 is 9.84. The molecule has 13 heavy (non-hydrogen) atoms. The Morgan fingerprint density at radius 3 is 3.00 bits per heavy atom. The molecular formula is C8H7ClN2O2. The summed E-state index contributed by atoms with van der Waals surface area (Å²) in [5, 5.41) is 6.94. The summed E-state index contributed by atoms with van der Waals surface area (Å²) in [7, 11) is 0. The monoisotopic (exact) mass is 198 g/mol. The molecule has 2 aromatic heterocycles. The average Bonchev–Trinajstić information content (AvgIpc) is 2.74. The van der Waals surface area contributed by atoms with Crippen LogP contribution >= 0.6 is 11.6 Å². The third kappa shape index (κ3) is 1.45. The van der Waals surface area contributed by atoms with Gasteiger partial charge in [-0.3, -0.25) is 0 Å². The Morgan fingerprint density at radius 2 is 2.38 bits per heavy atom. The van der Waals surface area contributed by atoms with Crippen LogP contribution in [0, 0.1) is 0 Å². The predicted molar refractivity (Wildman–Crippen MR) is 46.3 cm³/mol. The number of hydrogen-bond donors (Lipinski definition) is 0. The van der Waals surface area contributed by atoms with E-state index in [-0.39, 0.29) is 5.38 Å². The van der Waals surface area contributed by atoms with Crippen molar-refractivity contribution >= 4 is 11.6 Å². The second kappa shape index (κ2) is 3.22. The summed E-state index contributed by atoms with van der Waals surface area (Å²) in [5.74, 6) is 0.678. The molecule has 68 valence electrons. The van der Waals surface area contributed by atoms with Gasteiger partial charge in [-0.25, -0.2) is 0 Å². The maximum absolute atomic E-state index is 5.89. The Kier molecular flexibility index (Phi) is 2.06. The van der Waals surface area contributed by atoms with Gasteiger partial charge < -0.3 is 8.94 Å². The van der Waals surface area contributed by atoms with Gasteiger partial charge in [-0.15, -0.1) is 16.7 Å². The third-order valence-corrected chi connectivity index (χ3v) is 1.89. The molecule has 2 heterocycles. The van der Waals surface area contributed by atoms with E-state index in [1.54, 1.807) is 12.3 Å². The van der Waals surface area contributed by atoms with Crippen LogP contribution in [0.5, 0.6) is 0 Å². The molecule has 0 N–H and O–H groups in total. The minimum Gasteiger partial charge on any atom is -0.467 e. The van der Waals surface area contributed by atoms with E-state index in [9.17, 15) is 0 Å². The summed E-state index contributed by atoms with van der Waals surface area (Å²) in [4.78, 5) is 0. The fraction of sp³-hybridized carbons (Fsp3) is 0.250. The lowest BCUT2D eigenvalue weighted by Gasteiger charge is -1.99. The number of furan rings is 1. The van der Waals surface area contributed by atoms with Crippen molar-refractivity contribution in [3.63, 3.8) is 0 Å². The Morgan fingerprint density at radius 1 is 1.54 bits per heavy atom. The summed E-state index contributed by atoms with van der Waals surface area (Å²) in [5.41, 5.74) is 1.46. The molecule has 4 nitrogen and oxygen atoms in total. The van der Waals surface area contributed by atoms with Crippen LogP contribution in [0.4, 0.5) is 0 Å². The lowest BCUT2D eigenvalue weighted by molar-refractivity contribution is 0.393. The van der Waals surface area contributed by atoms with Crippen molar-refractivity contribution in [1.82, 2.24) is 10.4 Å². The van der Waals surface area contributed by atoms with Gasteiger partial charge in [0.05, 0.1) is 11.6 Å². The maximum atomic E-state index is 5.89. The van der Waals surface area contributed by atoms with E-state index < -0.39 is 0 Å². The molecule has 0 aliphatic rings. The highest BCUT2D eigenvalue weighted by molar-refractivity contribution is 6.20. The van der Waals surface area contributed by atoms with Crippen LogP contribution in [-0.2, 0) is 0 Å². The molecule has 0 aliphatic heterocycles. The molecule has 0 saturated heterocycles. The maximum Gasteiger partial charge on any atom is 0.152 e. The Bertz CT molecular complexity index is 381. The zero-order chi connectivity index (χ0) is 9.26. The molecule has 1 atom stereocenters. The summed E-state index contributed by atoms with van der Waals surface area (Å²) in [6.45, 7) is 1.83. The van der Waals surface area contributed by atoms with Crippen LogP contribution in [0.15, 0.2) is 27.5 Å². The second-order valence-corrected chi connectivity index (χ2v) is 3.26. The Balaban J connectivity index is 2.46. The SMILES string of the molecule is CC(Cl)c1occc1-c1conn1. The van der Waals surface area contributed by atoms with Gasteiger partial charge in [0.15, 0.2) is 6.26 Å². The summed E-state index contributed by atoms with van der Waals surface area (Å²) >= 11 is 5.89. The van der Waals surface area contributed by atoms with Crippen LogP contribution in [0.2, 0.25) is 0 Å². The first-order chi connectivity index (χ1) is 6.29. The summed E-state index contributed by atoms with van der Waals surface area (Å²) in [6.07, 6.45) is 3.02. The van der Waals surface area contributed by atoms with E-state index in [1.807, 2.05) is 6.92 Å². The number of aromatic nitrogens is 2. The van der Waals surface area contributed by atoms with Gasteiger partial charge in [0.1, 0.15) is 11.5 Å². The smallest absolute Gasteiger partial charge is 0.152 e. The first-order valence-corrected chi connectivity index (χ1v) is 4.21. The van der Waals surface area contributed by atoms with Crippen molar-refractivity contribution in [3.05, 3.63) is 24.4 Å². The first kappa shape index (κ1) is 8.31. The van der Waals surface area contributed by atoms with Gasteiger partial charge >= 0.3 is 0 Å². The summed E-state index contributed by atoms with van der Waals surface area (Å²) in [6, 6.07) is 1.79. The molecule has 2 aromatic rings. The van der Waals surface area contributed by atoms with Crippen LogP contribution in [0.3, 0.4) is 0 Å². The molecule has 0 aromatic carbocycles. The largest absolute Gasteiger partial charge is 0.467 e. The molecule has 0 radical (unpaired) electrons. The molecule has 0 aliphatic carbocycles. The molecule has 0 fully saturated rings. The van der Waals surface area contributed by atoms with Gasteiger partial charge in [0.2, 0.25) is 0 Å². The fourth-order valence-corrected chi connectivity index (χ4v) is 1.29. The molecule has 0 bridgehead atoms. The zero-order valence-corrected chi connectivity index (χ0v) is 7.65. The van der Waals surface area contributed by atoms with Gasteiger partial charge in [0, 0.05) is 10.8 Å². The van der Waals surface area contributed by atoms with Crippen molar-refractivity contribution in [3.8, 4) is 11.3 Å². The normalized spacial score (nSPS) is 13.1. The van der Waals surface area contributed by atoms with E-state index in [2.05, 4.69) is 14.9 Å². The zero-order valence-electron chi connectivity index (χ0n) is 6.90. The van der Waals surface area contributed by atoms with E-state index >= 15 is 0 Å². The molecule has 0 spiro atoms. The molecule has 1 unspecified atom stereocenters. The Hall–Kier alpha value is -1.29. The topological polar surface area (TPSA) is 52.1 Å².